The third-order valence-corrected chi connectivity index (χ3v) is 14.4. The number of aliphatic hydroxyl groups is 2. The highest BCUT2D eigenvalue weighted by Crippen LogP contribution is 2.27. The van der Waals surface area contributed by atoms with E-state index in [0.717, 1.165) is 4.90 Å². The van der Waals surface area contributed by atoms with Crippen LogP contribution in [0.1, 0.15) is 116 Å². The average molecular weight is 1170 g/mol. The van der Waals surface area contributed by atoms with Crippen LogP contribution in [0, 0.1) is 0 Å². The molecule has 0 saturated carbocycles. The summed E-state index contributed by atoms with van der Waals surface area (Å²) in [5.41, 5.74) is 11.5. The molecule has 1 aromatic heterocycles. The first-order valence-corrected chi connectivity index (χ1v) is 27.9. The zero-order valence-electron chi connectivity index (χ0n) is 46.7. The first kappa shape index (κ1) is 67.6. The van der Waals surface area contributed by atoms with Crippen LogP contribution in [0.4, 0.5) is 0 Å². The van der Waals surface area contributed by atoms with E-state index in [1.807, 2.05) is 13.8 Å². The molecule has 14 N–H and O–H groups in total. The Morgan fingerprint density at radius 3 is 1.78 bits per heavy atom. The molecular formula is C51H83N13O18. The predicted octanol–water partition coefficient (Wildman–Crippen LogP) is -4.30. The number of aliphatic carboxylic acids is 3. The van der Waals surface area contributed by atoms with Crippen molar-refractivity contribution in [3.63, 3.8) is 0 Å². The smallest absolute Gasteiger partial charge is 0.326 e. The number of carbonyl (C=O) groups is 11. The number of aryl methyl sites for hydroxylation is 1. The number of nitrogens with zero attached hydrogens (tertiary/aromatic N) is 6. The van der Waals surface area contributed by atoms with Crippen LogP contribution in [0.25, 0.3) is 0 Å². The van der Waals surface area contributed by atoms with Gasteiger partial charge in [-0.05, 0) is 104 Å². The topological polar surface area (TPSA) is 460 Å². The van der Waals surface area contributed by atoms with Crippen molar-refractivity contribution in [2.75, 3.05) is 65.8 Å². The van der Waals surface area contributed by atoms with Crippen molar-refractivity contribution in [2.45, 2.75) is 177 Å². The standard InChI is InChI=1S/C51H83N13O18/c1-51(2,18-20-53)82-27-26-81-25-24-61-28-31(59-60-61)12-15-40(67)54-33(8-3-4-19-52)47(76)62-21-5-9-37(62)46(75)57-35(29-65)44(73)58-36(30-66)48(77)64-23-7-11-39(64)49(78)63-22-6-10-38(63)45(74)55-32(13-16-41(68)69)43(72)56-34(50(79)80)14-17-42(70)71/h28,32-39,65-66H,3-27,29-30,52-53H2,1-2H3,(H,54,67)(H,55,74)(H,56,72)(H,57,75)(H,58,73)(H,68,69)(H,70,71)(H,79,80)/t32-,33-,34-,35-,36+,37-,38-,39-/m0/s1. The summed E-state index contributed by atoms with van der Waals surface area (Å²) in [6, 6.07) is -11.2. The van der Waals surface area contributed by atoms with Crippen LogP contribution >= 0.6 is 0 Å². The van der Waals surface area contributed by atoms with Crippen molar-refractivity contribution in [2.24, 2.45) is 11.5 Å². The Morgan fingerprint density at radius 2 is 1.18 bits per heavy atom. The predicted molar refractivity (Wildman–Crippen MR) is 285 cm³/mol. The molecule has 3 fully saturated rings. The van der Waals surface area contributed by atoms with E-state index in [1.165, 1.54) is 9.80 Å². The molecular weight excluding hydrogens is 1080 g/mol. The van der Waals surface area contributed by atoms with E-state index >= 15 is 0 Å². The minimum Gasteiger partial charge on any atom is -0.481 e. The monoisotopic (exact) mass is 1170 g/mol. The molecule has 460 valence electrons. The number of ether oxygens (including phenoxy) is 2. The molecule has 4 rings (SSSR count). The lowest BCUT2D eigenvalue weighted by Crippen LogP contribution is -2.61. The largest absolute Gasteiger partial charge is 0.481 e. The Hall–Kier alpha value is -6.93. The van der Waals surface area contributed by atoms with Crippen LogP contribution in [0.15, 0.2) is 6.20 Å². The number of aromatic nitrogens is 3. The zero-order valence-corrected chi connectivity index (χ0v) is 46.7. The number of nitrogens with two attached hydrogens (primary N) is 2. The van der Waals surface area contributed by atoms with E-state index in [4.69, 9.17) is 26.0 Å². The number of rotatable bonds is 37. The average Bonchev–Trinajstić information content (AvgIpc) is 4.37. The molecule has 82 heavy (non-hydrogen) atoms. The fourth-order valence-electron chi connectivity index (χ4n) is 9.88. The van der Waals surface area contributed by atoms with Gasteiger partial charge in [0.2, 0.25) is 47.3 Å². The summed E-state index contributed by atoms with van der Waals surface area (Å²) < 4.78 is 13.0. The van der Waals surface area contributed by atoms with E-state index in [-0.39, 0.29) is 63.8 Å². The van der Waals surface area contributed by atoms with E-state index in [2.05, 4.69) is 36.9 Å². The number of amides is 8. The van der Waals surface area contributed by atoms with Crippen LogP contribution in [-0.4, -0.2) is 240 Å². The van der Waals surface area contributed by atoms with Crippen molar-refractivity contribution < 1.29 is 87.7 Å². The lowest BCUT2D eigenvalue weighted by atomic mass is 10.1. The lowest BCUT2D eigenvalue weighted by molar-refractivity contribution is -0.149. The second-order valence-electron chi connectivity index (χ2n) is 21.0. The maximum absolute atomic E-state index is 14.2. The number of hydrogen-bond donors (Lipinski definition) is 12. The van der Waals surface area contributed by atoms with Gasteiger partial charge in [-0.3, -0.25) is 47.9 Å². The number of aliphatic hydroxyl groups excluding tert-OH is 2. The molecule has 31 heteroatoms. The molecule has 8 atom stereocenters. The summed E-state index contributed by atoms with van der Waals surface area (Å²) in [6.07, 6.45) is 2.93. The van der Waals surface area contributed by atoms with Crippen LogP contribution in [-0.2, 0) is 75.2 Å². The van der Waals surface area contributed by atoms with E-state index in [0.29, 0.717) is 83.7 Å². The van der Waals surface area contributed by atoms with Gasteiger partial charge >= 0.3 is 17.9 Å². The molecule has 0 radical (unpaired) electrons. The minimum atomic E-state index is -1.69. The van der Waals surface area contributed by atoms with Gasteiger partial charge in [0.15, 0.2) is 0 Å². The summed E-state index contributed by atoms with van der Waals surface area (Å²) >= 11 is 0. The highest BCUT2D eigenvalue weighted by atomic mass is 16.5. The fraction of sp³-hybridized carbons (Fsp3) is 0.745. The molecule has 4 heterocycles. The third-order valence-electron chi connectivity index (χ3n) is 14.4. The normalized spacial score (nSPS) is 18.9. The molecule has 0 spiro atoms. The van der Waals surface area contributed by atoms with Crippen molar-refractivity contribution in [1.29, 1.82) is 0 Å². The van der Waals surface area contributed by atoms with Gasteiger partial charge in [0.1, 0.15) is 48.3 Å². The minimum absolute atomic E-state index is 0.0118. The third kappa shape index (κ3) is 21.1. The van der Waals surface area contributed by atoms with Crippen molar-refractivity contribution in [3.05, 3.63) is 11.9 Å². The van der Waals surface area contributed by atoms with Gasteiger partial charge in [0, 0.05) is 51.5 Å². The van der Waals surface area contributed by atoms with Gasteiger partial charge in [-0.1, -0.05) is 5.21 Å². The first-order chi connectivity index (χ1) is 39.0. The van der Waals surface area contributed by atoms with Gasteiger partial charge in [0.25, 0.3) is 0 Å². The number of carboxylic acid groups (broad SMARTS) is 3. The first-order valence-electron chi connectivity index (χ1n) is 27.9. The number of hydrogen-bond acceptors (Lipinski definition) is 19. The van der Waals surface area contributed by atoms with Crippen molar-refractivity contribution in [3.8, 4) is 0 Å². The van der Waals surface area contributed by atoms with Gasteiger partial charge in [-0.15, -0.1) is 5.10 Å². The maximum atomic E-state index is 14.2. The van der Waals surface area contributed by atoms with Crippen LogP contribution in [0.2, 0.25) is 0 Å². The molecule has 0 bridgehead atoms. The highest BCUT2D eigenvalue weighted by Gasteiger charge is 2.45. The summed E-state index contributed by atoms with van der Waals surface area (Å²) in [6.45, 7) is 4.52. The Bertz CT molecular complexity index is 2360. The molecule has 0 aromatic carbocycles. The summed E-state index contributed by atoms with van der Waals surface area (Å²) in [7, 11) is 0. The van der Waals surface area contributed by atoms with E-state index in [1.54, 1.807) is 10.9 Å². The Labute approximate surface area is 474 Å². The lowest BCUT2D eigenvalue weighted by Gasteiger charge is -2.33. The van der Waals surface area contributed by atoms with Gasteiger partial charge in [-0.25, -0.2) is 9.48 Å². The molecule has 3 aliphatic rings. The van der Waals surface area contributed by atoms with Gasteiger partial charge < -0.3 is 87.8 Å². The number of carbonyl (C=O) groups excluding carboxylic acids is 8. The van der Waals surface area contributed by atoms with Crippen molar-refractivity contribution >= 4 is 65.2 Å². The fourth-order valence-corrected chi connectivity index (χ4v) is 9.88. The number of carboxylic acids is 3. The van der Waals surface area contributed by atoms with E-state index in [9.17, 15) is 73.2 Å². The van der Waals surface area contributed by atoms with Crippen LogP contribution in [0.3, 0.4) is 0 Å². The van der Waals surface area contributed by atoms with Gasteiger partial charge in [-0.2, -0.15) is 0 Å². The molecule has 0 aliphatic carbocycles. The molecule has 1 aromatic rings. The molecule has 8 amide bonds. The molecule has 0 unspecified atom stereocenters. The summed E-state index contributed by atoms with van der Waals surface area (Å²) in [5, 5.41) is 68.9. The van der Waals surface area contributed by atoms with E-state index < -0.39 is 152 Å². The van der Waals surface area contributed by atoms with Gasteiger partial charge in [0.05, 0.1) is 50.9 Å². The molecule has 31 nitrogen and oxygen atoms in total. The molecule has 3 saturated heterocycles. The number of nitrogens with one attached hydrogen (secondary N) is 5. The SMILES string of the molecule is CC(C)(CCN)OCCOCCn1cc(CCC(=O)N[C@@H](CCCCN)C(=O)N2CCC[C@H]2C(=O)N[C@@H](CO)C(=O)N[C@H](CO)C(=O)N2CCC[C@H]2C(=O)N2CCC[C@H]2C(=O)N[C@@H](CCC(=O)O)C(=O)N[C@@H](CCC(=O)O)C(=O)O)nn1. The Morgan fingerprint density at radius 1 is 0.634 bits per heavy atom. The summed E-state index contributed by atoms with van der Waals surface area (Å²) in [4.78, 5) is 148. The second-order valence-corrected chi connectivity index (χ2v) is 21.0. The second kappa shape index (κ2) is 33.9. The number of unbranched alkanes of at least 4 members (excludes halogenated alkanes) is 1. The Balaban J connectivity index is 1.33. The van der Waals surface area contributed by atoms with Crippen molar-refractivity contribution in [1.82, 2.24) is 56.3 Å². The Kier molecular flexibility index (Phi) is 27.9. The van der Waals surface area contributed by atoms with Crippen LogP contribution < -0.4 is 38.1 Å². The maximum Gasteiger partial charge on any atom is 0.326 e. The summed E-state index contributed by atoms with van der Waals surface area (Å²) in [5.74, 6) is -10.7. The molecule has 3 aliphatic heterocycles. The number of likely N-dealkylation sites (tertiary alicyclic amines) is 3. The quantitative estimate of drug-likeness (QED) is 0.0280. The highest BCUT2D eigenvalue weighted by molar-refractivity contribution is 5.98. The zero-order chi connectivity index (χ0) is 60.5. The van der Waals surface area contributed by atoms with Crippen LogP contribution in [0.5, 0.6) is 0 Å².